The summed E-state index contributed by atoms with van der Waals surface area (Å²) in [5.74, 6) is 2.07. The van der Waals surface area contributed by atoms with Gasteiger partial charge in [-0.15, -0.1) is 11.3 Å². The molecule has 4 rings (SSSR count). The third kappa shape index (κ3) is 2.71. The van der Waals surface area contributed by atoms with Gasteiger partial charge in [0.25, 0.3) is 0 Å². The second-order valence-electron chi connectivity index (χ2n) is 5.96. The molecule has 5 heteroatoms. The van der Waals surface area contributed by atoms with E-state index >= 15 is 0 Å². The summed E-state index contributed by atoms with van der Waals surface area (Å²) in [6.07, 6.45) is 1.79. The van der Waals surface area contributed by atoms with Crippen LogP contribution in [0.5, 0.6) is 11.5 Å². The maximum absolute atomic E-state index is 5.74. The Hall–Kier alpha value is -2.53. The van der Waals surface area contributed by atoms with Crippen LogP contribution in [0.25, 0.3) is 11.1 Å². The molecule has 0 radical (unpaired) electrons. The molecule has 4 nitrogen and oxygen atoms in total. The summed E-state index contributed by atoms with van der Waals surface area (Å²) in [5, 5.41) is 6.20. The summed E-state index contributed by atoms with van der Waals surface area (Å²) >= 11 is 1.57. The number of thiazole rings is 1. The molecule has 0 saturated heterocycles. The van der Waals surface area contributed by atoms with Crippen LogP contribution >= 0.6 is 11.3 Å². The minimum absolute atomic E-state index is 0.257. The fraction of sp³-hybridized carbons (Fsp3) is 0.211. The molecule has 1 N–H and O–H groups in total. The lowest BCUT2D eigenvalue weighted by molar-refractivity contribution is 0.174. The number of rotatable bonds is 4. The number of aromatic nitrogens is 1. The van der Waals surface area contributed by atoms with Gasteiger partial charge >= 0.3 is 0 Å². The fourth-order valence-corrected chi connectivity index (χ4v) is 3.34. The van der Waals surface area contributed by atoms with Gasteiger partial charge in [-0.05, 0) is 29.2 Å². The third-order valence-corrected chi connectivity index (χ3v) is 4.77. The van der Waals surface area contributed by atoms with Crippen molar-refractivity contribution in [3.05, 3.63) is 53.5 Å². The Morgan fingerprint density at radius 2 is 1.92 bits per heavy atom. The number of hydrogen-bond donors (Lipinski definition) is 1. The van der Waals surface area contributed by atoms with Crippen LogP contribution < -0.4 is 14.8 Å². The van der Waals surface area contributed by atoms with Crippen LogP contribution in [0.15, 0.2) is 48.0 Å². The Balaban J connectivity index is 1.81. The van der Waals surface area contributed by atoms with Gasteiger partial charge < -0.3 is 14.8 Å². The molecule has 0 saturated carbocycles. The zero-order valence-electron chi connectivity index (χ0n) is 13.6. The van der Waals surface area contributed by atoms with E-state index in [-0.39, 0.29) is 6.79 Å². The SMILES string of the molecule is CC(C)c1ccc(-c2c(Nc3nccs3)ccc3c2OCO3)cc1. The number of fused-ring (bicyclic) bond motifs is 1. The maximum atomic E-state index is 5.74. The normalized spacial score (nSPS) is 12.6. The molecule has 122 valence electrons. The number of benzene rings is 2. The quantitative estimate of drug-likeness (QED) is 0.691. The van der Waals surface area contributed by atoms with Crippen LogP contribution in [-0.4, -0.2) is 11.8 Å². The predicted octanol–water partition coefficient (Wildman–Crippen LogP) is 5.41. The van der Waals surface area contributed by atoms with Crippen molar-refractivity contribution >= 4 is 22.2 Å². The van der Waals surface area contributed by atoms with Crippen molar-refractivity contribution < 1.29 is 9.47 Å². The number of nitrogens with zero attached hydrogens (tertiary/aromatic N) is 1. The molecule has 0 bridgehead atoms. The summed E-state index contributed by atoms with van der Waals surface area (Å²) in [5.41, 5.74) is 4.39. The summed E-state index contributed by atoms with van der Waals surface area (Å²) in [4.78, 5) is 4.31. The number of ether oxygens (including phenoxy) is 2. The topological polar surface area (TPSA) is 43.4 Å². The van der Waals surface area contributed by atoms with Crippen molar-refractivity contribution in [2.45, 2.75) is 19.8 Å². The van der Waals surface area contributed by atoms with Crippen molar-refractivity contribution in [2.75, 3.05) is 12.1 Å². The molecule has 1 aliphatic rings. The molecule has 0 fully saturated rings. The van der Waals surface area contributed by atoms with Crippen molar-refractivity contribution in [3.8, 4) is 22.6 Å². The van der Waals surface area contributed by atoms with Crippen LogP contribution in [0.2, 0.25) is 0 Å². The van der Waals surface area contributed by atoms with Crippen molar-refractivity contribution in [1.29, 1.82) is 0 Å². The molecule has 0 unspecified atom stereocenters. The van der Waals surface area contributed by atoms with Gasteiger partial charge in [0.1, 0.15) is 0 Å². The molecule has 2 aromatic carbocycles. The molecule has 2 heterocycles. The molecule has 3 aromatic rings. The van der Waals surface area contributed by atoms with Gasteiger partial charge in [-0.25, -0.2) is 4.98 Å². The molecule has 0 amide bonds. The highest BCUT2D eigenvalue weighted by Gasteiger charge is 2.22. The van der Waals surface area contributed by atoms with E-state index in [0.717, 1.165) is 33.4 Å². The minimum atomic E-state index is 0.257. The zero-order chi connectivity index (χ0) is 16.5. The van der Waals surface area contributed by atoms with Crippen molar-refractivity contribution in [3.63, 3.8) is 0 Å². The van der Waals surface area contributed by atoms with Crippen LogP contribution in [0.4, 0.5) is 10.8 Å². The standard InChI is InChI=1S/C19H18N2O2S/c1-12(2)13-3-5-14(6-4-13)17-15(21-19-20-9-10-24-19)7-8-16-18(17)23-11-22-16/h3-10,12H,11H2,1-2H3,(H,20,21). The molecule has 24 heavy (non-hydrogen) atoms. The van der Waals surface area contributed by atoms with E-state index in [4.69, 9.17) is 9.47 Å². The van der Waals surface area contributed by atoms with Crippen LogP contribution in [0.3, 0.4) is 0 Å². The Morgan fingerprint density at radius 3 is 2.62 bits per heavy atom. The molecular weight excluding hydrogens is 320 g/mol. The summed E-state index contributed by atoms with van der Waals surface area (Å²) < 4.78 is 11.3. The fourth-order valence-electron chi connectivity index (χ4n) is 2.80. The van der Waals surface area contributed by atoms with Gasteiger partial charge in [0.05, 0.1) is 11.3 Å². The monoisotopic (exact) mass is 338 g/mol. The minimum Gasteiger partial charge on any atom is -0.454 e. The first-order valence-electron chi connectivity index (χ1n) is 7.92. The van der Waals surface area contributed by atoms with Crippen LogP contribution in [0.1, 0.15) is 25.3 Å². The van der Waals surface area contributed by atoms with E-state index in [2.05, 4.69) is 48.4 Å². The Morgan fingerprint density at radius 1 is 1.08 bits per heavy atom. The van der Waals surface area contributed by atoms with Gasteiger partial charge in [-0.3, -0.25) is 0 Å². The van der Waals surface area contributed by atoms with Crippen LogP contribution in [0, 0.1) is 0 Å². The van der Waals surface area contributed by atoms with E-state index < -0.39 is 0 Å². The lowest BCUT2D eigenvalue weighted by atomic mass is 9.97. The average Bonchev–Trinajstić information content (AvgIpc) is 3.26. The highest BCUT2D eigenvalue weighted by atomic mass is 32.1. The number of hydrogen-bond acceptors (Lipinski definition) is 5. The van der Waals surface area contributed by atoms with Gasteiger partial charge in [-0.2, -0.15) is 0 Å². The zero-order valence-corrected chi connectivity index (χ0v) is 14.4. The third-order valence-electron chi connectivity index (χ3n) is 4.08. The smallest absolute Gasteiger partial charge is 0.231 e. The summed E-state index contributed by atoms with van der Waals surface area (Å²) in [6.45, 7) is 4.65. The van der Waals surface area contributed by atoms with Crippen molar-refractivity contribution in [2.24, 2.45) is 0 Å². The van der Waals surface area contributed by atoms with E-state index in [1.54, 1.807) is 17.5 Å². The molecular formula is C19H18N2O2S. The molecule has 0 aliphatic carbocycles. The first-order valence-corrected chi connectivity index (χ1v) is 8.80. The van der Waals surface area contributed by atoms with Gasteiger partial charge in [0.15, 0.2) is 16.6 Å². The largest absolute Gasteiger partial charge is 0.454 e. The maximum Gasteiger partial charge on any atom is 0.231 e. The molecule has 1 aromatic heterocycles. The average molecular weight is 338 g/mol. The Kier molecular flexibility index (Phi) is 3.86. The number of nitrogens with one attached hydrogen (secondary N) is 1. The van der Waals surface area contributed by atoms with Gasteiger partial charge in [0, 0.05) is 11.6 Å². The Bertz CT molecular complexity index is 843. The van der Waals surface area contributed by atoms with E-state index in [1.807, 2.05) is 17.5 Å². The highest BCUT2D eigenvalue weighted by molar-refractivity contribution is 7.13. The van der Waals surface area contributed by atoms with E-state index in [1.165, 1.54) is 5.56 Å². The molecule has 1 aliphatic heterocycles. The molecule has 0 atom stereocenters. The van der Waals surface area contributed by atoms with Crippen molar-refractivity contribution in [1.82, 2.24) is 4.98 Å². The van der Waals surface area contributed by atoms with Gasteiger partial charge in [0.2, 0.25) is 6.79 Å². The second-order valence-corrected chi connectivity index (χ2v) is 6.86. The van der Waals surface area contributed by atoms with Gasteiger partial charge in [-0.1, -0.05) is 38.1 Å². The highest BCUT2D eigenvalue weighted by Crippen LogP contribution is 2.46. The lowest BCUT2D eigenvalue weighted by Gasteiger charge is -2.14. The second kappa shape index (κ2) is 6.17. The summed E-state index contributed by atoms with van der Waals surface area (Å²) in [7, 11) is 0. The first-order chi connectivity index (χ1) is 11.7. The van der Waals surface area contributed by atoms with E-state index in [0.29, 0.717) is 5.92 Å². The summed E-state index contributed by atoms with van der Waals surface area (Å²) in [6, 6.07) is 12.6. The van der Waals surface area contributed by atoms with Crippen LogP contribution in [-0.2, 0) is 0 Å². The Labute approximate surface area is 145 Å². The van der Waals surface area contributed by atoms with E-state index in [9.17, 15) is 0 Å². The molecule has 0 spiro atoms. The predicted molar refractivity (Wildman–Crippen MR) is 97.5 cm³/mol. The number of anilines is 2. The lowest BCUT2D eigenvalue weighted by Crippen LogP contribution is -1.96. The first kappa shape index (κ1) is 15.0.